The zero-order valence-electron chi connectivity index (χ0n) is 26.2. The highest BCUT2D eigenvalue weighted by atomic mass is 32.2. The van der Waals surface area contributed by atoms with E-state index in [0.29, 0.717) is 24.8 Å². The van der Waals surface area contributed by atoms with Gasteiger partial charge in [0.25, 0.3) is 5.91 Å². The van der Waals surface area contributed by atoms with Gasteiger partial charge < -0.3 is 4.74 Å². The van der Waals surface area contributed by atoms with Crippen molar-refractivity contribution in [2.75, 3.05) is 13.1 Å². The van der Waals surface area contributed by atoms with Gasteiger partial charge in [0.05, 0.1) is 11.3 Å². The van der Waals surface area contributed by atoms with Gasteiger partial charge in [-0.15, -0.1) is 11.3 Å². The van der Waals surface area contributed by atoms with Gasteiger partial charge >= 0.3 is 0 Å². The molecule has 1 N–H and O–H groups in total. The van der Waals surface area contributed by atoms with E-state index in [1.54, 1.807) is 42.4 Å². The van der Waals surface area contributed by atoms with E-state index >= 15 is 0 Å². The van der Waals surface area contributed by atoms with Gasteiger partial charge in [0.2, 0.25) is 15.9 Å². The Kier molecular flexibility index (Phi) is 9.91. The Morgan fingerprint density at radius 3 is 2.44 bits per heavy atom. The molecule has 1 saturated heterocycles. The number of hydrogen-bond acceptors (Lipinski definition) is 6. The van der Waals surface area contributed by atoms with E-state index in [4.69, 9.17) is 4.74 Å². The van der Waals surface area contributed by atoms with Crippen molar-refractivity contribution in [3.05, 3.63) is 106 Å². The van der Waals surface area contributed by atoms with Crippen molar-refractivity contribution in [1.82, 2.24) is 9.62 Å². The van der Waals surface area contributed by atoms with Crippen LogP contribution < -0.4 is 10.1 Å². The first-order chi connectivity index (χ1) is 21.4. The summed E-state index contributed by atoms with van der Waals surface area (Å²) in [7, 11) is -3.72. The summed E-state index contributed by atoms with van der Waals surface area (Å²) < 4.78 is 35.3. The van der Waals surface area contributed by atoms with Crippen molar-refractivity contribution < 1.29 is 22.7 Å². The van der Waals surface area contributed by atoms with Crippen molar-refractivity contribution in [2.45, 2.75) is 69.3 Å². The van der Waals surface area contributed by atoms with Crippen LogP contribution in [0.5, 0.6) is 5.75 Å². The number of benzene rings is 3. The van der Waals surface area contributed by atoms with E-state index in [1.165, 1.54) is 16.9 Å². The van der Waals surface area contributed by atoms with Crippen molar-refractivity contribution in [2.24, 2.45) is 0 Å². The lowest BCUT2D eigenvalue weighted by Gasteiger charge is -2.32. The SMILES string of the molecule is CC(C)c1ccc(-c2cccc(S(=O)(=O)N3CCCC(c4cccc(OC(C)(C)C(=O)NC(=O)Cc5cccs5)c4)C3)c2)cc1. The Morgan fingerprint density at radius 1 is 0.978 bits per heavy atom. The van der Waals surface area contributed by atoms with Gasteiger partial charge in [-0.05, 0) is 96.5 Å². The molecule has 236 valence electrons. The summed E-state index contributed by atoms with van der Waals surface area (Å²) in [6, 6.07) is 26.6. The van der Waals surface area contributed by atoms with E-state index in [2.05, 4.69) is 31.3 Å². The first-order valence-corrected chi connectivity index (χ1v) is 17.6. The van der Waals surface area contributed by atoms with Crippen molar-refractivity contribution in [3.63, 3.8) is 0 Å². The van der Waals surface area contributed by atoms with Crippen molar-refractivity contribution in [1.29, 1.82) is 0 Å². The van der Waals surface area contributed by atoms with Crippen LogP contribution in [0.1, 0.15) is 68.4 Å². The number of ether oxygens (including phenoxy) is 1. The summed E-state index contributed by atoms with van der Waals surface area (Å²) in [5.41, 5.74) is 2.73. The van der Waals surface area contributed by atoms with Crippen LogP contribution in [-0.2, 0) is 26.0 Å². The number of piperidine rings is 1. The lowest BCUT2D eigenvalue weighted by Crippen LogP contribution is -2.49. The molecule has 0 spiro atoms. The van der Waals surface area contributed by atoms with E-state index in [9.17, 15) is 18.0 Å². The third kappa shape index (κ3) is 7.90. The van der Waals surface area contributed by atoms with Crippen LogP contribution in [0.2, 0.25) is 0 Å². The van der Waals surface area contributed by atoms with Gasteiger partial charge in [0.1, 0.15) is 5.75 Å². The fourth-order valence-corrected chi connectivity index (χ4v) is 7.82. The van der Waals surface area contributed by atoms with Crippen molar-refractivity contribution in [3.8, 4) is 16.9 Å². The third-order valence-corrected chi connectivity index (χ3v) is 10.9. The number of nitrogens with zero attached hydrogens (tertiary/aromatic N) is 1. The Morgan fingerprint density at radius 2 is 1.73 bits per heavy atom. The molecule has 1 aliphatic rings. The van der Waals surface area contributed by atoms with Crippen LogP contribution in [0.25, 0.3) is 11.1 Å². The summed E-state index contributed by atoms with van der Waals surface area (Å²) in [6.07, 6.45) is 1.69. The average Bonchev–Trinajstić information content (AvgIpc) is 3.54. The standard InChI is InChI=1S/C36H40N2O5S2/c1-25(2)26-15-17-27(18-16-26)29-10-6-14-33(22-29)45(41,42)38-19-7-11-30(24-38)28-9-5-12-31(21-28)43-36(3,4)35(40)37-34(39)23-32-13-8-20-44-32/h5-6,8-10,12-18,20-22,25,30H,7,11,19,23-24H2,1-4H3,(H,37,39,40). The van der Waals surface area contributed by atoms with Gasteiger partial charge in [0, 0.05) is 18.0 Å². The zero-order valence-corrected chi connectivity index (χ0v) is 27.8. The minimum absolute atomic E-state index is 0.0341. The second kappa shape index (κ2) is 13.7. The van der Waals surface area contributed by atoms with E-state index in [0.717, 1.165) is 34.4 Å². The number of carbonyl (C=O) groups is 2. The van der Waals surface area contributed by atoms with Crippen LogP contribution in [0.4, 0.5) is 0 Å². The number of carbonyl (C=O) groups excluding carboxylic acids is 2. The Hall–Kier alpha value is -3.79. The Bertz CT molecular complexity index is 1750. The zero-order chi connectivity index (χ0) is 32.2. The molecule has 0 aliphatic carbocycles. The lowest BCUT2D eigenvalue weighted by atomic mass is 9.91. The molecule has 45 heavy (non-hydrogen) atoms. The predicted molar refractivity (Wildman–Crippen MR) is 179 cm³/mol. The van der Waals surface area contributed by atoms with E-state index < -0.39 is 21.5 Å². The molecule has 2 amide bonds. The molecule has 0 saturated carbocycles. The molecule has 1 aromatic heterocycles. The fraction of sp³-hybridized carbons (Fsp3) is 0.333. The van der Waals surface area contributed by atoms with Gasteiger partial charge in [-0.3, -0.25) is 14.9 Å². The first-order valence-electron chi connectivity index (χ1n) is 15.3. The van der Waals surface area contributed by atoms with Crippen LogP contribution in [0.15, 0.2) is 95.2 Å². The predicted octanol–water partition coefficient (Wildman–Crippen LogP) is 7.15. The monoisotopic (exact) mass is 644 g/mol. The first kappa shape index (κ1) is 32.6. The topological polar surface area (TPSA) is 92.8 Å². The maximum absolute atomic E-state index is 13.8. The number of amides is 2. The summed E-state index contributed by atoms with van der Waals surface area (Å²) >= 11 is 1.46. The molecule has 4 aromatic rings. The maximum Gasteiger partial charge on any atom is 0.270 e. The maximum atomic E-state index is 13.8. The molecule has 2 heterocycles. The summed E-state index contributed by atoms with van der Waals surface area (Å²) in [5.74, 6) is -0.0375. The quantitative estimate of drug-likeness (QED) is 0.198. The second-order valence-corrected chi connectivity index (χ2v) is 15.3. The summed E-state index contributed by atoms with van der Waals surface area (Å²) in [6.45, 7) is 8.34. The minimum atomic E-state index is -3.72. The smallest absolute Gasteiger partial charge is 0.270 e. The highest BCUT2D eigenvalue weighted by Gasteiger charge is 2.33. The molecule has 1 atom stereocenters. The molecular formula is C36H40N2O5S2. The molecule has 1 aliphatic heterocycles. The number of rotatable bonds is 10. The van der Waals surface area contributed by atoms with Gasteiger partial charge in [-0.1, -0.05) is 68.4 Å². The fourth-order valence-electron chi connectivity index (χ4n) is 5.54. The average molecular weight is 645 g/mol. The molecule has 5 rings (SSSR count). The Labute approximate surface area is 270 Å². The lowest BCUT2D eigenvalue weighted by molar-refractivity contribution is -0.139. The van der Waals surface area contributed by atoms with Crippen LogP contribution in [0, 0.1) is 0 Å². The molecule has 0 bridgehead atoms. The van der Waals surface area contributed by atoms with Gasteiger partial charge in [0.15, 0.2) is 5.60 Å². The molecule has 9 heteroatoms. The molecule has 0 radical (unpaired) electrons. The molecule has 1 unspecified atom stereocenters. The number of sulfonamides is 1. The van der Waals surface area contributed by atoms with Crippen LogP contribution in [-0.4, -0.2) is 43.2 Å². The third-order valence-electron chi connectivity index (χ3n) is 8.18. The number of thiophene rings is 1. The highest BCUT2D eigenvalue weighted by molar-refractivity contribution is 7.89. The molecule has 1 fully saturated rings. The van der Waals surface area contributed by atoms with Gasteiger partial charge in [-0.2, -0.15) is 4.31 Å². The molecular weight excluding hydrogens is 605 g/mol. The van der Waals surface area contributed by atoms with E-state index in [-0.39, 0.29) is 23.1 Å². The largest absolute Gasteiger partial charge is 0.478 e. The summed E-state index contributed by atoms with van der Waals surface area (Å²) in [5, 5.41) is 4.33. The molecule has 7 nitrogen and oxygen atoms in total. The number of nitrogens with one attached hydrogen (secondary N) is 1. The summed E-state index contributed by atoms with van der Waals surface area (Å²) in [4.78, 5) is 26.5. The number of hydrogen-bond donors (Lipinski definition) is 1. The second-order valence-electron chi connectivity index (χ2n) is 12.3. The number of imide groups is 1. The van der Waals surface area contributed by atoms with Crippen LogP contribution in [0.3, 0.4) is 0 Å². The molecule has 3 aromatic carbocycles. The van der Waals surface area contributed by atoms with Crippen LogP contribution >= 0.6 is 11.3 Å². The minimum Gasteiger partial charge on any atom is -0.478 e. The van der Waals surface area contributed by atoms with E-state index in [1.807, 2.05) is 53.9 Å². The van der Waals surface area contributed by atoms with Gasteiger partial charge in [-0.25, -0.2) is 8.42 Å². The normalized spacial score (nSPS) is 16.0. The Balaban J connectivity index is 1.26. The van der Waals surface area contributed by atoms with Crippen molar-refractivity contribution >= 4 is 33.2 Å². The highest BCUT2D eigenvalue weighted by Crippen LogP contribution is 2.34.